The molecule has 0 bridgehead atoms. The summed E-state index contributed by atoms with van der Waals surface area (Å²) in [4.78, 5) is 11.6. The van der Waals surface area contributed by atoms with Gasteiger partial charge >= 0.3 is 0 Å². The summed E-state index contributed by atoms with van der Waals surface area (Å²) >= 11 is 0. The molecule has 3 heterocycles. The average molecular weight is 294 g/mol. The number of hydrogen-bond donors (Lipinski definition) is 3. The van der Waals surface area contributed by atoms with E-state index in [4.69, 9.17) is 20.8 Å². The van der Waals surface area contributed by atoms with Crippen LogP contribution >= 0.6 is 0 Å². The predicted octanol–water partition coefficient (Wildman–Crippen LogP) is -1.13. The van der Waals surface area contributed by atoms with Crippen LogP contribution in [0.4, 0.5) is 10.3 Å². The molecule has 110 valence electrons. The highest BCUT2D eigenvalue weighted by atomic mass is 19.1. The van der Waals surface area contributed by atoms with Gasteiger partial charge in [0.15, 0.2) is 23.7 Å². The van der Waals surface area contributed by atoms with E-state index in [0.29, 0.717) is 0 Å². The molecule has 2 aromatic heterocycles. The first kappa shape index (κ1) is 13.6. The Labute approximate surface area is 117 Å². The van der Waals surface area contributed by atoms with Crippen molar-refractivity contribution in [1.82, 2.24) is 19.5 Å². The molecule has 0 aliphatic carbocycles. The van der Waals surface area contributed by atoms with Crippen LogP contribution in [0.1, 0.15) is 11.9 Å². The van der Waals surface area contributed by atoms with E-state index in [9.17, 15) is 9.50 Å². The van der Waals surface area contributed by atoms with E-state index >= 15 is 0 Å². The van der Waals surface area contributed by atoms with Crippen molar-refractivity contribution >= 4 is 17.1 Å². The molecule has 0 radical (unpaired) electrons. The molecule has 0 spiro atoms. The number of halogens is 1. The van der Waals surface area contributed by atoms with Crippen LogP contribution in [0.15, 0.2) is 6.33 Å². The summed E-state index contributed by atoms with van der Waals surface area (Å²) < 4.78 is 20.6. The van der Waals surface area contributed by atoms with E-state index < -0.39 is 31.2 Å². The van der Waals surface area contributed by atoms with Crippen molar-refractivity contribution in [2.24, 2.45) is 0 Å². The number of aliphatic hydroxyl groups excluding tert-OH is 2. The van der Waals surface area contributed by atoms with Gasteiger partial charge in [0.05, 0.1) is 12.9 Å². The van der Waals surface area contributed by atoms with Gasteiger partial charge in [-0.3, -0.25) is 4.57 Å². The van der Waals surface area contributed by atoms with Crippen molar-refractivity contribution in [2.45, 2.75) is 24.6 Å². The van der Waals surface area contributed by atoms with Crippen molar-refractivity contribution in [2.75, 3.05) is 12.3 Å². The maximum absolute atomic E-state index is 14.1. The fourth-order valence-electron chi connectivity index (χ4n) is 2.28. The first-order valence-corrected chi connectivity index (χ1v) is 6.05. The fourth-order valence-corrected chi connectivity index (χ4v) is 2.28. The Bertz CT molecular complexity index is 729. The standard InChI is InChI=1S/C11H11FN6O3/c12-6-8(20)5(2-19)21-10(6)18-3-15-7-4(1-13)16-11(14)17-9(7)18/h3,5-6,8,10,19-20H,2H2,(H2,14,16,17)/t5-,6-,8?,10-/m1/s1. The summed E-state index contributed by atoms with van der Waals surface area (Å²) in [6.07, 6.45) is -4.28. The zero-order chi connectivity index (χ0) is 15.1. The molecule has 1 unspecified atom stereocenters. The van der Waals surface area contributed by atoms with Crippen LogP contribution in [0.2, 0.25) is 0 Å². The SMILES string of the molecule is N#Cc1nc(N)nc2c1ncn2[C@@H]1O[C@H](CO)C(O)[C@H]1F. The van der Waals surface area contributed by atoms with Crippen LogP contribution in [-0.2, 0) is 4.74 Å². The summed E-state index contributed by atoms with van der Waals surface area (Å²) in [5, 5.41) is 27.7. The maximum Gasteiger partial charge on any atom is 0.223 e. The lowest BCUT2D eigenvalue weighted by molar-refractivity contribution is -0.0459. The zero-order valence-electron chi connectivity index (χ0n) is 10.6. The molecule has 21 heavy (non-hydrogen) atoms. The number of aliphatic hydroxyl groups is 2. The molecule has 10 heteroatoms. The second-order valence-corrected chi connectivity index (χ2v) is 4.55. The summed E-state index contributed by atoms with van der Waals surface area (Å²) in [5.74, 6) is -0.159. The number of fused-ring (bicyclic) bond motifs is 1. The number of hydrogen-bond acceptors (Lipinski definition) is 8. The van der Waals surface area contributed by atoms with Gasteiger partial charge in [0.1, 0.15) is 23.8 Å². The van der Waals surface area contributed by atoms with E-state index in [0.717, 1.165) is 0 Å². The number of rotatable bonds is 2. The normalized spacial score (nSPS) is 28.9. The minimum Gasteiger partial charge on any atom is -0.394 e. The first-order chi connectivity index (χ1) is 10.1. The smallest absolute Gasteiger partial charge is 0.223 e. The molecule has 4 atom stereocenters. The fraction of sp³-hybridized carbons (Fsp3) is 0.455. The number of alkyl halides is 1. The Kier molecular flexibility index (Phi) is 3.17. The topological polar surface area (TPSA) is 143 Å². The number of nitriles is 1. The van der Waals surface area contributed by atoms with Gasteiger partial charge in [0, 0.05) is 0 Å². The summed E-state index contributed by atoms with van der Waals surface area (Å²) in [6, 6.07) is 1.82. The molecule has 1 saturated heterocycles. The van der Waals surface area contributed by atoms with Gasteiger partial charge in [0.25, 0.3) is 0 Å². The van der Waals surface area contributed by atoms with Crippen molar-refractivity contribution in [3.05, 3.63) is 12.0 Å². The minimum absolute atomic E-state index is 0.0380. The molecule has 2 aromatic rings. The summed E-state index contributed by atoms with van der Waals surface area (Å²) in [7, 11) is 0. The number of ether oxygens (including phenoxy) is 1. The zero-order valence-corrected chi connectivity index (χ0v) is 10.6. The maximum atomic E-state index is 14.1. The second-order valence-electron chi connectivity index (χ2n) is 4.55. The number of anilines is 1. The number of aromatic nitrogens is 4. The average Bonchev–Trinajstić information content (AvgIpc) is 3.01. The van der Waals surface area contributed by atoms with Gasteiger partial charge in [-0.2, -0.15) is 15.2 Å². The number of nitrogens with two attached hydrogens (primary N) is 1. The highest BCUT2D eigenvalue weighted by Gasteiger charge is 2.45. The molecule has 1 aliphatic heterocycles. The van der Waals surface area contributed by atoms with E-state index in [-0.39, 0.29) is 22.8 Å². The van der Waals surface area contributed by atoms with E-state index in [1.807, 2.05) is 6.07 Å². The summed E-state index contributed by atoms with van der Waals surface area (Å²) in [5.41, 5.74) is 5.75. The van der Waals surface area contributed by atoms with Crippen LogP contribution in [0.5, 0.6) is 0 Å². The molecule has 0 aromatic carbocycles. The van der Waals surface area contributed by atoms with Crippen LogP contribution in [0, 0.1) is 11.3 Å². The predicted molar refractivity (Wildman–Crippen MR) is 66.3 cm³/mol. The van der Waals surface area contributed by atoms with Crippen LogP contribution < -0.4 is 5.73 Å². The van der Waals surface area contributed by atoms with Gasteiger partial charge < -0.3 is 20.7 Å². The lowest BCUT2D eigenvalue weighted by Crippen LogP contribution is -2.30. The van der Waals surface area contributed by atoms with Crippen molar-refractivity contribution < 1.29 is 19.3 Å². The monoisotopic (exact) mass is 294 g/mol. The Hall–Kier alpha value is -2.35. The van der Waals surface area contributed by atoms with Crippen LogP contribution in [0.3, 0.4) is 0 Å². The third kappa shape index (κ3) is 1.99. The first-order valence-electron chi connectivity index (χ1n) is 6.05. The van der Waals surface area contributed by atoms with Gasteiger partial charge in [-0.1, -0.05) is 0 Å². The van der Waals surface area contributed by atoms with Gasteiger partial charge in [-0.25, -0.2) is 9.37 Å². The van der Waals surface area contributed by atoms with E-state index in [1.54, 1.807) is 0 Å². The van der Waals surface area contributed by atoms with Crippen molar-refractivity contribution in [3.8, 4) is 6.07 Å². The lowest BCUT2D eigenvalue weighted by Gasteiger charge is -2.15. The molecule has 1 aliphatic rings. The van der Waals surface area contributed by atoms with Gasteiger partial charge in [-0.15, -0.1) is 0 Å². The molecule has 0 amide bonds. The van der Waals surface area contributed by atoms with Gasteiger partial charge in [-0.05, 0) is 0 Å². The molecular formula is C11H11FN6O3. The summed E-state index contributed by atoms with van der Waals surface area (Å²) in [6.45, 7) is -0.523. The van der Waals surface area contributed by atoms with E-state index in [2.05, 4.69) is 15.0 Å². The molecule has 3 rings (SSSR count). The van der Waals surface area contributed by atoms with Crippen molar-refractivity contribution in [1.29, 1.82) is 5.26 Å². The molecule has 9 nitrogen and oxygen atoms in total. The minimum atomic E-state index is -1.78. The third-order valence-electron chi connectivity index (χ3n) is 3.29. The molecule has 0 saturated carbocycles. The van der Waals surface area contributed by atoms with Crippen molar-refractivity contribution in [3.63, 3.8) is 0 Å². The molecule has 4 N–H and O–H groups in total. The number of nitrogen functional groups attached to an aromatic ring is 1. The Morgan fingerprint density at radius 2 is 2.29 bits per heavy atom. The number of nitrogens with zero attached hydrogens (tertiary/aromatic N) is 5. The second kappa shape index (κ2) is 4.88. The van der Waals surface area contributed by atoms with E-state index in [1.165, 1.54) is 10.9 Å². The molecule has 1 fully saturated rings. The quantitative estimate of drug-likeness (QED) is 0.631. The highest BCUT2D eigenvalue weighted by Crippen LogP contribution is 2.33. The lowest BCUT2D eigenvalue weighted by atomic mass is 10.1. The third-order valence-corrected chi connectivity index (χ3v) is 3.29. The van der Waals surface area contributed by atoms with Gasteiger partial charge in [0.2, 0.25) is 5.95 Å². The van der Waals surface area contributed by atoms with Crippen LogP contribution in [-0.4, -0.2) is 54.7 Å². The Morgan fingerprint density at radius 3 is 2.90 bits per heavy atom. The largest absolute Gasteiger partial charge is 0.394 e. The highest BCUT2D eigenvalue weighted by molar-refractivity contribution is 5.77. The number of imidazole rings is 1. The Balaban J connectivity index is 2.10. The van der Waals surface area contributed by atoms with Crippen LogP contribution in [0.25, 0.3) is 11.2 Å². The molecular weight excluding hydrogens is 283 g/mol. The Morgan fingerprint density at radius 1 is 1.52 bits per heavy atom.